The Hall–Kier alpha value is -0.860. The van der Waals surface area contributed by atoms with E-state index in [4.69, 9.17) is 4.74 Å². The second kappa shape index (κ2) is 6.18. The first-order valence-electron chi connectivity index (χ1n) is 6.77. The van der Waals surface area contributed by atoms with E-state index in [2.05, 4.69) is 49.5 Å². The average Bonchev–Trinajstić information content (AvgIpc) is 2.61. The smallest absolute Gasteiger partial charge is 0.0977 e. The lowest BCUT2D eigenvalue weighted by Gasteiger charge is -2.26. The highest BCUT2D eigenvalue weighted by molar-refractivity contribution is 5.19. The molecular formula is C15H23NO. The molecule has 1 aliphatic rings. The van der Waals surface area contributed by atoms with Crippen molar-refractivity contribution in [1.82, 2.24) is 5.32 Å². The summed E-state index contributed by atoms with van der Waals surface area (Å²) in [6.45, 7) is 5.34. The van der Waals surface area contributed by atoms with Crippen LogP contribution in [-0.2, 0) is 4.74 Å². The van der Waals surface area contributed by atoms with Crippen LogP contribution in [0.5, 0.6) is 0 Å². The van der Waals surface area contributed by atoms with Crippen molar-refractivity contribution in [3.8, 4) is 0 Å². The van der Waals surface area contributed by atoms with E-state index in [1.807, 2.05) is 0 Å². The molecule has 1 heterocycles. The third-order valence-corrected chi connectivity index (χ3v) is 3.64. The summed E-state index contributed by atoms with van der Waals surface area (Å²) in [6.07, 6.45) is 3.62. The molecule has 1 saturated heterocycles. The molecule has 3 atom stereocenters. The van der Waals surface area contributed by atoms with Crippen LogP contribution in [0.4, 0.5) is 0 Å². The van der Waals surface area contributed by atoms with Crippen molar-refractivity contribution in [2.75, 3.05) is 6.61 Å². The minimum atomic E-state index is 0.206. The van der Waals surface area contributed by atoms with Crippen LogP contribution in [0.25, 0.3) is 0 Å². The van der Waals surface area contributed by atoms with Crippen molar-refractivity contribution in [1.29, 1.82) is 0 Å². The van der Waals surface area contributed by atoms with Crippen LogP contribution in [0.2, 0.25) is 0 Å². The number of rotatable bonds is 3. The SMILES string of the molecule is CCC1CCOC(c2ccccc2)C(CC)N1. The number of benzene rings is 1. The fourth-order valence-electron chi connectivity index (χ4n) is 2.55. The second-order valence-electron chi connectivity index (χ2n) is 4.78. The summed E-state index contributed by atoms with van der Waals surface area (Å²) in [5.41, 5.74) is 1.30. The highest BCUT2D eigenvalue weighted by atomic mass is 16.5. The molecule has 0 radical (unpaired) electrons. The van der Waals surface area contributed by atoms with Gasteiger partial charge in [0.2, 0.25) is 0 Å². The quantitative estimate of drug-likeness (QED) is 0.865. The monoisotopic (exact) mass is 233 g/mol. The van der Waals surface area contributed by atoms with Gasteiger partial charge >= 0.3 is 0 Å². The van der Waals surface area contributed by atoms with E-state index in [-0.39, 0.29) is 6.10 Å². The molecule has 1 N–H and O–H groups in total. The summed E-state index contributed by atoms with van der Waals surface area (Å²) in [6, 6.07) is 11.6. The van der Waals surface area contributed by atoms with Crippen molar-refractivity contribution in [3.63, 3.8) is 0 Å². The van der Waals surface area contributed by atoms with E-state index in [1.165, 1.54) is 12.0 Å². The molecular weight excluding hydrogens is 210 g/mol. The minimum Gasteiger partial charge on any atom is -0.372 e. The highest BCUT2D eigenvalue weighted by Crippen LogP contribution is 2.26. The molecule has 1 fully saturated rings. The highest BCUT2D eigenvalue weighted by Gasteiger charge is 2.27. The Labute approximate surface area is 104 Å². The fourth-order valence-corrected chi connectivity index (χ4v) is 2.55. The van der Waals surface area contributed by atoms with Crippen molar-refractivity contribution in [2.45, 2.75) is 51.3 Å². The zero-order valence-electron chi connectivity index (χ0n) is 10.9. The molecule has 2 heteroatoms. The van der Waals surface area contributed by atoms with E-state index < -0.39 is 0 Å². The van der Waals surface area contributed by atoms with Crippen LogP contribution >= 0.6 is 0 Å². The van der Waals surface area contributed by atoms with Gasteiger partial charge in [0.25, 0.3) is 0 Å². The lowest BCUT2D eigenvalue weighted by atomic mass is 9.99. The minimum absolute atomic E-state index is 0.206. The zero-order chi connectivity index (χ0) is 12.1. The molecule has 1 aromatic carbocycles. The molecule has 0 spiro atoms. The summed E-state index contributed by atoms with van der Waals surface area (Å²) in [7, 11) is 0. The summed E-state index contributed by atoms with van der Waals surface area (Å²) >= 11 is 0. The maximum Gasteiger partial charge on any atom is 0.0977 e. The van der Waals surface area contributed by atoms with Gasteiger partial charge in [-0.05, 0) is 24.8 Å². The molecule has 0 aliphatic carbocycles. The molecule has 0 saturated carbocycles. The lowest BCUT2D eigenvalue weighted by molar-refractivity contribution is 0.0411. The molecule has 94 valence electrons. The van der Waals surface area contributed by atoms with E-state index in [0.717, 1.165) is 19.4 Å². The molecule has 0 amide bonds. The first-order valence-corrected chi connectivity index (χ1v) is 6.77. The summed E-state index contributed by atoms with van der Waals surface area (Å²) in [5.74, 6) is 0. The first-order chi connectivity index (χ1) is 8.35. The van der Waals surface area contributed by atoms with E-state index in [1.54, 1.807) is 0 Å². The third-order valence-electron chi connectivity index (χ3n) is 3.64. The molecule has 0 aromatic heterocycles. The van der Waals surface area contributed by atoms with E-state index in [9.17, 15) is 0 Å². The molecule has 1 aliphatic heterocycles. The van der Waals surface area contributed by atoms with Gasteiger partial charge in [-0.1, -0.05) is 44.2 Å². The predicted molar refractivity (Wildman–Crippen MR) is 71.0 cm³/mol. The van der Waals surface area contributed by atoms with Crippen molar-refractivity contribution in [3.05, 3.63) is 35.9 Å². The number of nitrogens with one attached hydrogen (secondary N) is 1. The van der Waals surface area contributed by atoms with Gasteiger partial charge in [-0.25, -0.2) is 0 Å². The Balaban J connectivity index is 2.15. The molecule has 17 heavy (non-hydrogen) atoms. The van der Waals surface area contributed by atoms with Crippen molar-refractivity contribution < 1.29 is 4.74 Å². The van der Waals surface area contributed by atoms with Gasteiger partial charge in [-0.3, -0.25) is 0 Å². The second-order valence-corrected chi connectivity index (χ2v) is 4.78. The predicted octanol–water partition coefficient (Wildman–Crippen LogP) is 3.29. The van der Waals surface area contributed by atoms with Crippen LogP contribution in [0.1, 0.15) is 44.8 Å². The topological polar surface area (TPSA) is 21.3 Å². The Kier molecular flexibility index (Phi) is 4.57. The third kappa shape index (κ3) is 3.08. The summed E-state index contributed by atoms with van der Waals surface area (Å²) < 4.78 is 6.06. The van der Waals surface area contributed by atoms with Gasteiger partial charge in [-0.15, -0.1) is 0 Å². The zero-order valence-corrected chi connectivity index (χ0v) is 10.9. The Morgan fingerprint density at radius 2 is 1.94 bits per heavy atom. The van der Waals surface area contributed by atoms with Crippen LogP contribution in [0.15, 0.2) is 30.3 Å². The lowest BCUT2D eigenvalue weighted by Crippen LogP contribution is -2.39. The van der Waals surface area contributed by atoms with E-state index >= 15 is 0 Å². The van der Waals surface area contributed by atoms with Crippen molar-refractivity contribution >= 4 is 0 Å². The molecule has 0 bridgehead atoms. The maximum atomic E-state index is 6.06. The van der Waals surface area contributed by atoms with Crippen LogP contribution in [-0.4, -0.2) is 18.7 Å². The first kappa shape index (κ1) is 12.6. The van der Waals surface area contributed by atoms with Gasteiger partial charge in [0.15, 0.2) is 0 Å². The maximum absolute atomic E-state index is 6.06. The van der Waals surface area contributed by atoms with Gasteiger partial charge in [-0.2, -0.15) is 0 Å². The summed E-state index contributed by atoms with van der Waals surface area (Å²) in [5, 5.41) is 3.74. The average molecular weight is 233 g/mol. The number of hydrogen-bond donors (Lipinski definition) is 1. The molecule has 2 rings (SSSR count). The van der Waals surface area contributed by atoms with Crippen LogP contribution < -0.4 is 5.32 Å². The van der Waals surface area contributed by atoms with Gasteiger partial charge < -0.3 is 10.1 Å². The van der Waals surface area contributed by atoms with Crippen molar-refractivity contribution in [2.24, 2.45) is 0 Å². The number of hydrogen-bond acceptors (Lipinski definition) is 2. The van der Waals surface area contributed by atoms with Crippen LogP contribution in [0, 0.1) is 0 Å². The molecule has 3 unspecified atom stereocenters. The Morgan fingerprint density at radius 3 is 2.59 bits per heavy atom. The number of ether oxygens (including phenoxy) is 1. The Bertz CT molecular complexity index is 325. The normalized spacial score (nSPS) is 29.9. The van der Waals surface area contributed by atoms with E-state index in [0.29, 0.717) is 12.1 Å². The van der Waals surface area contributed by atoms with Gasteiger partial charge in [0.1, 0.15) is 0 Å². The van der Waals surface area contributed by atoms with Crippen LogP contribution in [0.3, 0.4) is 0 Å². The molecule has 2 nitrogen and oxygen atoms in total. The standard InChI is InChI=1S/C15H23NO/c1-3-13-10-11-17-15(14(4-2)16-13)12-8-6-5-7-9-12/h5-9,13-16H,3-4,10-11H2,1-2H3. The Morgan fingerprint density at radius 1 is 1.18 bits per heavy atom. The van der Waals surface area contributed by atoms with Gasteiger partial charge in [0.05, 0.1) is 6.10 Å². The summed E-state index contributed by atoms with van der Waals surface area (Å²) in [4.78, 5) is 0. The van der Waals surface area contributed by atoms with Gasteiger partial charge in [0, 0.05) is 18.7 Å². The largest absolute Gasteiger partial charge is 0.372 e. The fraction of sp³-hybridized carbons (Fsp3) is 0.600. The molecule has 1 aromatic rings.